The average molecular weight is 268 g/mol. The van der Waals surface area contributed by atoms with Crippen LogP contribution in [0.4, 0.5) is 5.69 Å². The number of furan rings is 1. The Hall–Kier alpha value is -2.56. The summed E-state index contributed by atoms with van der Waals surface area (Å²) in [5.74, 6) is 0.923. The van der Waals surface area contributed by atoms with Crippen LogP contribution in [-0.2, 0) is 6.54 Å². The molecule has 5 nitrogen and oxygen atoms in total. The highest BCUT2D eigenvalue weighted by Gasteiger charge is 2.08. The van der Waals surface area contributed by atoms with Crippen LogP contribution in [0.25, 0.3) is 0 Å². The first-order chi connectivity index (χ1) is 9.81. The van der Waals surface area contributed by atoms with Crippen LogP contribution in [0.3, 0.4) is 0 Å². The van der Waals surface area contributed by atoms with Gasteiger partial charge in [0, 0.05) is 5.69 Å². The van der Waals surface area contributed by atoms with Crippen LogP contribution >= 0.6 is 0 Å². The van der Waals surface area contributed by atoms with Crippen molar-refractivity contribution in [1.29, 1.82) is 0 Å². The molecule has 5 heteroatoms. The summed E-state index contributed by atoms with van der Waals surface area (Å²) in [7, 11) is 0. The smallest absolute Gasteiger partial charge is 0.137 e. The first kappa shape index (κ1) is 12.5. The zero-order valence-electron chi connectivity index (χ0n) is 11.2. The topological polar surface area (TPSA) is 55.9 Å². The van der Waals surface area contributed by atoms with Gasteiger partial charge in [0.15, 0.2) is 0 Å². The third kappa shape index (κ3) is 2.88. The summed E-state index contributed by atoms with van der Waals surface area (Å²) in [6, 6.07) is 12.3. The van der Waals surface area contributed by atoms with Gasteiger partial charge in [0.25, 0.3) is 0 Å². The van der Waals surface area contributed by atoms with E-state index in [0.29, 0.717) is 6.54 Å². The summed E-state index contributed by atoms with van der Waals surface area (Å²) >= 11 is 0. The second kappa shape index (κ2) is 5.61. The molecule has 2 heterocycles. The standard InChI is InChI=1S/C15H16N4O/c1-12(15-6-3-7-20-15)18-14-5-2-4-13(8-14)9-19-11-16-10-17-19/h2-8,10-12,18H,9H2,1H3. The van der Waals surface area contributed by atoms with Gasteiger partial charge in [-0.05, 0) is 36.8 Å². The van der Waals surface area contributed by atoms with Gasteiger partial charge in [-0.15, -0.1) is 0 Å². The molecule has 0 fully saturated rings. The first-order valence-corrected chi connectivity index (χ1v) is 6.52. The van der Waals surface area contributed by atoms with E-state index in [0.717, 1.165) is 11.4 Å². The van der Waals surface area contributed by atoms with Gasteiger partial charge < -0.3 is 9.73 Å². The van der Waals surface area contributed by atoms with Crippen molar-refractivity contribution in [3.05, 3.63) is 66.6 Å². The van der Waals surface area contributed by atoms with Gasteiger partial charge >= 0.3 is 0 Å². The second-order valence-corrected chi connectivity index (χ2v) is 4.67. The fourth-order valence-electron chi connectivity index (χ4n) is 2.12. The monoisotopic (exact) mass is 268 g/mol. The van der Waals surface area contributed by atoms with Crippen molar-refractivity contribution in [3.8, 4) is 0 Å². The molecule has 0 radical (unpaired) electrons. The molecular formula is C15H16N4O. The Morgan fingerprint density at radius 2 is 2.25 bits per heavy atom. The Morgan fingerprint density at radius 3 is 3.00 bits per heavy atom. The molecule has 1 aromatic carbocycles. The maximum Gasteiger partial charge on any atom is 0.137 e. The highest BCUT2D eigenvalue weighted by atomic mass is 16.3. The molecule has 2 aromatic heterocycles. The lowest BCUT2D eigenvalue weighted by Gasteiger charge is -2.13. The lowest BCUT2D eigenvalue weighted by molar-refractivity contribution is 0.490. The second-order valence-electron chi connectivity index (χ2n) is 4.67. The van der Waals surface area contributed by atoms with Crippen molar-refractivity contribution in [2.45, 2.75) is 19.5 Å². The van der Waals surface area contributed by atoms with Crippen molar-refractivity contribution in [3.63, 3.8) is 0 Å². The SMILES string of the molecule is CC(Nc1cccc(Cn2cncn2)c1)c1ccco1. The molecule has 20 heavy (non-hydrogen) atoms. The number of rotatable bonds is 5. The van der Waals surface area contributed by atoms with Crippen LogP contribution in [-0.4, -0.2) is 14.8 Å². The highest BCUT2D eigenvalue weighted by Crippen LogP contribution is 2.20. The van der Waals surface area contributed by atoms with Gasteiger partial charge in [0.1, 0.15) is 18.4 Å². The molecule has 0 spiro atoms. The Morgan fingerprint density at radius 1 is 1.30 bits per heavy atom. The Bertz CT molecular complexity index is 646. The number of anilines is 1. The molecule has 1 N–H and O–H groups in total. The van der Waals surface area contributed by atoms with Crippen LogP contribution in [0.5, 0.6) is 0 Å². The van der Waals surface area contributed by atoms with Gasteiger partial charge in [0.2, 0.25) is 0 Å². The minimum Gasteiger partial charge on any atom is -0.467 e. The maximum absolute atomic E-state index is 5.40. The predicted octanol–water partition coefficient (Wildman–Crippen LogP) is 3.09. The molecule has 102 valence electrons. The molecule has 0 aliphatic carbocycles. The van der Waals surface area contributed by atoms with Gasteiger partial charge in [-0.25, -0.2) is 9.67 Å². The third-order valence-electron chi connectivity index (χ3n) is 3.09. The Kier molecular flexibility index (Phi) is 3.50. The van der Waals surface area contributed by atoms with E-state index in [2.05, 4.69) is 34.5 Å². The minimum atomic E-state index is 0.131. The van der Waals surface area contributed by atoms with Crippen molar-refractivity contribution < 1.29 is 4.42 Å². The number of hydrogen-bond donors (Lipinski definition) is 1. The fourth-order valence-corrected chi connectivity index (χ4v) is 2.12. The number of nitrogens with one attached hydrogen (secondary N) is 1. The molecule has 0 saturated heterocycles. The summed E-state index contributed by atoms with van der Waals surface area (Å²) < 4.78 is 7.20. The Balaban J connectivity index is 1.71. The average Bonchev–Trinajstić information content (AvgIpc) is 3.12. The zero-order chi connectivity index (χ0) is 13.8. The van der Waals surface area contributed by atoms with Gasteiger partial charge in [-0.2, -0.15) is 5.10 Å². The number of hydrogen-bond acceptors (Lipinski definition) is 4. The van der Waals surface area contributed by atoms with Crippen LogP contribution in [0.1, 0.15) is 24.3 Å². The predicted molar refractivity (Wildman–Crippen MR) is 76.3 cm³/mol. The Labute approximate surface area is 117 Å². The maximum atomic E-state index is 5.40. The summed E-state index contributed by atoms with van der Waals surface area (Å²) in [6.07, 6.45) is 4.95. The van der Waals surface area contributed by atoms with Gasteiger partial charge in [0.05, 0.1) is 18.8 Å². The van der Waals surface area contributed by atoms with E-state index in [1.165, 1.54) is 5.56 Å². The number of benzene rings is 1. The normalized spacial score (nSPS) is 12.2. The van der Waals surface area contributed by atoms with E-state index in [-0.39, 0.29) is 6.04 Å². The van der Waals surface area contributed by atoms with E-state index in [1.54, 1.807) is 23.6 Å². The first-order valence-electron chi connectivity index (χ1n) is 6.52. The zero-order valence-corrected chi connectivity index (χ0v) is 11.2. The lowest BCUT2D eigenvalue weighted by atomic mass is 10.1. The largest absolute Gasteiger partial charge is 0.467 e. The van der Waals surface area contributed by atoms with Crippen LogP contribution < -0.4 is 5.32 Å². The molecule has 0 saturated carbocycles. The van der Waals surface area contributed by atoms with Crippen molar-refractivity contribution >= 4 is 5.69 Å². The summed E-state index contributed by atoms with van der Waals surface area (Å²) in [4.78, 5) is 3.95. The molecule has 1 atom stereocenters. The molecule has 0 amide bonds. The van der Waals surface area contributed by atoms with E-state index in [9.17, 15) is 0 Å². The molecule has 0 aliphatic heterocycles. The van der Waals surface area contributed by atoms with Crippen LogP contribution in [0.2, 0.25) is 0 Å². The summed E-state index contributed by atoms with van der Waals surface area (Å²) in [6.45, 7) is 2.79. The van der Waals surface area contributed by atoms with Crippen LogP contribution in [0.15, 0.2) is 59.7 Å². The van der Waals surface area contributed by atoms with E-state index in [1.807, 2.05) is 24.3 Å². The molecule has 0 bridgehead atoms. The minimum absolute atomic E-state index is 0.131. The summed E-state index contributed by atoms with van der Waals surface area (Å²) in [5, 5.41) is 7.54. The molecular weight excluding hydrogens is 252 g/mol. The molecule has 1 unspecified atom stereocenters. The van der Waals surface area contributed by atoms with Crippen molar-refractivity contribution in [1.82, 2.24) is 14.8 Å². The highest BCUT2D eigenvalue weighted by molar-refractivity contribution is 5.47. The van der Waals surface area contributed by atoms with Crippen LogP contribution in [0, 0.1) is 0 Å². The van der Waals surface area contributed by atoms with E-state index >= 15 is 0 Å². The molecule has 3 aromatic rings. The van der Waals surface area contributed by atoms with E-state index in [4.69, 9.17) is 4.42 Å². The van der Waals surface area contributed by atoms with E-state index < -0.39 is 0 Å². The number of nitrogens with zero attached hydrogens (tertiary/aromatic N) is 3. The van der Waals surface area contributed by atoms with Gasteiger partial charge in [-0.3, -0.25) is 0 Å². The third-order valence-corrected chi connectivity index (χ3v) is 3.09. The molecule has 3 rings (SSSR count). The van der Waals surface area contributed by atoms with Crippen molar-refractivity contribution in [2.24, 2.45) is 0 Å². The quantitative estimate of drug-likeness (QED) is 0.772. The van der Waals surface area contributed by atoms with Crippen molar-refractivity contribution in [2.75, 3.05) is 5.32 Å². The molecule has 0 aliphatic rings. The summed E-state index contributed by atoms with van der Waals surface area (Å²) in [5.41, 5.74) is 2.23. The van der Waals surface area contributed by atoms with Gasteiger partial charge in [-0.1, -0.05) is 12.1 Å². The fraction of sp³-hybridized carbons (Fsp3) is 0.200. The lowest BCUT2D eigenvalue weighted by Crippen LogP contribution is -2.06. The number of aromatic nitrogens is 3.